The van der Waals surface area contributed by atoms with Gasteiger partial charge in [0.1, 0.15) is 11.5 Å². The van der Waals surface area contributed by atoms with Gasteiger partial charge in [0, 0.05) is 41.6 Å². The van der Waals surface area contributed by atoms with Gasteiger partial charge in [0.15, 0.2) is 0 Å². The van der Waals surface area contributed by atoms with Crippen LogP contribution in [0.2, 0.25) is 0 Å². The number of thioether (sulfide) groups is 1. The van der Waals surface area contributed by atoms with Crippen molar-refractivity contribution < 1.29 is 18.8 Å². The molecule has 0 aliphatic carbocycles. The summed E-state index contributed by atoms with van der Waals surface area (Å²) in [7, 11) is 3.88. The van der Waals surface area contributed by atoms with Crippen molar-refractivity contribution in [3.05, 3.63) is 126 Å². The molecule has 0 saturated carbocycles. The molecule has 0 saturated heterocycles. The van der Waals surface area contributed by atoms with Crippen LogP contribution in [0.3, 0.4) is 0 Å². The van der Waals surface area contributed by atoms with Gasteiger partial charge in [-0.3, -0.25) is 14.4 Å². The fraction of sp³-hybridized carbons (Fsp3) is 0.121. The zero-order valence-corrected chi connectivity index (χ0v) is 24.2. The van der Waals surface area contributed by atoms with E-state index in [1.165, 1.54) is 36.0 Å². The van der Waals surface area contributed by atoms with Gasteiger partial charge >= 0.3 is 0 Å². The lowest BCUT2D eigenvalue weighted by Gasteiger charge is -2.14. The minimum atomic E-state index is -0.483. The number of amides is 3. The zero-order valence-electron chi connectivity index (χ0n) is 23.4. The molecule has 9 heteroatoms. The average molecular weight is 583 g/mol. The number of carbonyl (C=O) groups is 3. The Morgan fingerprint density at radius 1 is 0.786 bits per heavy atom. The number of halogens is 1. The molecular weight excluding hydrogens is 551 g/mol. The lowest BCUT2D eigenvalue weighted by molar-refractivity contribution is -0.115. The van der Waals surface area contributed by atoms with Crippen molar-refractivity contribution in [1.29, 1.82) is 0 Å². The van der Waals surface area contributed by atoms with Gasteiger partial charge in [-0.25, -0.2) is 4.39 Å². The van der Waals surface area contributed by atoms with E-state index in [4.69, 9.17) is 0 Å². The van der Waals surface area contributed by atoms with Crippen molar-refractivity contribution in [3.63, 3.8) is 0 Å². The number of anilines is 3. The topological polar surface area (TPSA) is 90.5 Å². The summed E-state index contributed by atoms with van der Waals surface area (Å²) in [4.78, 5) is 41.6. The molecule has 4 aromatic rings. The van der Waals surface area contributed by atoms with Gasteiger partial charge in [-0.1, -0.05) is 30.3 Å². The van der Waals surface area contributed by atoms with Crippen LogP contribution in [0.5, 0.6) is 0 Å². The third kappa shape index (κ3) is 8.55. The van der Waals surface area contributed by atoms with Gasteiger partial charge in [-0.2, -0.15) is 0 Å². The number of rotatable bonds is 10. The van der Waals surface area contributed by atoms with Crippen LogP contribution >= 0.6 is 11.8 Å². The van der Waals surface area contributed by atoms with E-state index in [2.05, 4.69) is 16.0 Å². The summed E-state index contributed by atoms with van der Waals surface area (Å²) in [5.41, 5.74) is 3.31. The molecule has 7 nitrogen and oxygen atoms in total. The first-order valence-corrected chi connectivity index (χ1v) is 14.1. The molecule has 0 aliphatic heterocycles. The molecule has 0 radical (unpaired) electrons. The maximum absolute atomic E-state index is 13.3. The number of hydrogen-bond donors (Lipinski definition) is 3. The Morgan fingerprint density at radius 3 is 2.00 bits per heavy atom. The second kappa shape index (κ2) is 14.1. The number of nitrogens with one attached hydrogen (secondary N) is 3. The first-order chi connectivity index (χ1) is 20.2. The number of carbonyl (C=O) groups excluding carboxylic acids is 3. The Bertz CT molecular complexity index is 1560. The predicted octanol–water partition coefficient (Wildman–Crippen LogP) is 6.42. The molecule has 4 aromatic carbocycles. The highest BCUT2D eigenvalue weighted by atomic mass is 32.2. The van der Waals surface area contributed by atoms with E-state index < -0.39 is 17.1 Å². The fourth-order valence-corrected chi connectivity index (χ4v) is 4.70. The second-order valence-electron chi connectivity index (χ2n) is 9.60. The molecule has 0 spiro atoms. The molecule has 0 fully saturated rings. The Morgan fingerprint density at radius 2 is 1.38 bits per heavy atom. The predicted molar refractivity (Wildman–Crippen MR) is 168 cm³/mol. The van der Waals surface area contributed by atoms with Gasteiger partial charge in [0.25, 0.3) is 11.8 Å². The smallest absolute Gasteiger partial charge is 0.272 e. The summed E-state index contributed by atoms with van der Waals surface area (Å²) in [5.74, 6) is -1.47. The monoisotopic (exact) mass is 582 g/mol. The van der Waals surface area contributed by atoms with E-state index in [1.54, 1.807) is 61.5 Å². The van der Waals surface area contributed by atoms with Crippen LogP contribution < -0.4 is 20.9 Å². The fourth-order valence-electron chi connectivity index (χ4n) is 3.83. The van der Waals surface area contributed by atoms with Crippen LogP contribution in [0.25, 0.3) is 6.08 Å². The highest BCUT2D eigenvalue weighted by Crippen LogP contribution is 2.26. The number of hydrogen-bond acceptors (Lipinski definition) is 5. The van der Waals surface area contributed by atoms with E-state index >= 15 is 0 Å². The van der Waals surface area contributed by atoms with Crippen molar-refractivity contribution in [2.75, 3.05) is 29.6 Å². The third-order valence-corrected chi connectivity index (χ3v) is 7.27. The lowest BCUT2D eigenvalue weighted by Crippen LogP contribution is -2.30. The van der Waals surface area contributed by atoms with Gasteiger partial charge in [0.05, 0.1) is 5.25 Å². The molecule has 3 amide bonds. The highest BCUT2D eigenvalue weighted by Gasteiger charge is 2.17. The Labute approximate surface area is 248 Å². The van der Waals surface area contributed by atoms with E-state index in [1.807, 2.05) is 49.3 Å². The maximum Gasteiger partial charge on any atom is 0.272 e. The van der Waals surface area contributed by atoms with Crippen LogP contribution in [0.4, 0.5) is 21.5 Å². The summed E-state index contributed by atoms with van der Waals surface area (Å²) < 4.78 is 13.1. The van der Waals surface area contributed by atoms with Crippen molar-refractivity contribution in [2.24, 2.45) is 0 Å². The van der Waals surface area contributed by atoms with Crippen LogP contribution in [0.1, 0.15) is 22.8 Å². The molecule has 1 atom stereocenters. The third-order valence-electron chi connectivity index (χ3n) is 6.16. The van der Waals surface area contributed by atoms with Crippen LogP contribution in [-0.4, -0.2) is 37.1 Å². The van der Waals surface area contributed by atoms with E-state index in [9.17, 15) is 18.8 Å². The van der Waals surface area contributed by atoms with Crippen LogP contribution in [-0.2, 0) is 9.59 Å². The van der Waals surface area contributed by atoms with E-state index in [0.29, 0.717) is 16.9 Å². The quantitative estimate of drug-likeness (QED) is 0.148. The molecule has 1 unspecified atom stereocenters. The summed E-state index contributed by atoms with van der Waals surface area (Å²) in [6.07, 6.45) is 1.63. The largest absolute Gasteiger partial charge is 0.378 e. The van der Waals surface area contributed by atoms with Gasteiger partial charge in [-0.05, 0) is 91.4 Å². The minimum Gasteiger partial charge on any atom is -0.378 e. The van der Waals surface area contributed by atoms with Gasteiger partial charge in [-0.15, -0.1) is 11.8 Å². The summed E-state index contributed by atoms with van der Waals surface area (Å²) >= 11 is 1.35. The second-order valence-corrected chi connectivity index (χ2v) is 11.0. The number of benzene rings is 4. The average Bonchev–Trinajstić information content (AvgIpc) is 2.99. The SMILES string of the molecule is CC(Sc1ccc(NC(=O)/C(=C/c2ccc(N(C)C)cc2)NC(=O)c2ccccc2)cc1)C(=O)Nc1ccc(F)cc1. The molecule has 0 bridgehead atoms. The molecule has 0 aromatic heterocycles. The highest BCUT2D eigenvalue weighted by molar-refractivity contribution is 8.00. The van der Waals surface area contributed by atoms with Crippen molar-refractivity contribution >= 4 is 52.6 Å². The van der Waals surface area contributed by atoms with Gasteiger partial charge < -0.3 is 20.9 Å². The zero-order chi connectivity index (χ0) is 30.1. The molecule has 3 N–H and O–H groups in total. The van der Waals surface area contributed by atoms with E-state index in [-0.39, 0.29) is 17.4 Å². The molecule has 0 aliphatic rings. The lowest BCUT2D eigenvalue weighted by atomic mass is 10.1. The Balaban J connectivity index is 1.44. The maximum atomic E-state index is 13.3. The van der Waals surface area contributed by atoms with Crippen LogP contribution in [0, 0.1) is 5.82 Å². The summed E-state index contributed by atoms with van der Waals surface area (Å²) in [6, 6.07) is 28.9. The molecule has 0 heterocycles. The number of nitrogens with zero attached hydrogens (tertiary/aromatic N) is 1. The van der Waals surface area contributed by atoms with Gasteiger partial charge in [0.2, 0.25) is 5.91 Å². The summed E-state index contributed by atoms with van der Waals surface area (Å²) in [6.45, 7) is 1.77. The first-order valence-electron chi connectivity index (χ1n) is 13.2. The molecule has 214 valence electrons. The van der Waals surface area contributed by atoms with Crippen molar-refractivity contribution in [2.45, 2.75) is 17.1 Å². The summed E-state index contributed by atoms with van der Waals surface area (Å²) in [5, 5.41) is 7.93. The molecule has 4 rings (SSSR count). The molecule has 42 heavy (non-hydrogen) atoms. The van der Waals surface area contributed by atoms with Crippen molar-refractivity contribution in [3.8, 4) is 0 Å². The van der Waals surface area contributed by atoms with Crippen molar-refractivity contribution in [1.82, 2.24) is 5.32 Å². The first kappa shape index (κ1) is 30.1. The Kier molecular flexibility index (Phi) is 10.1. The van der Waals surface area contributed by atoms with E-state index in [0.717, 1.165) is 16.1 Å². The molecular formula is C33H31FN4O3S. The Hall–Kier alpha value is -4.89. The minimum absolute atomic E-state index is 0.0889. The standard InChI is InChI=1S/C33H31FN4O3S/c1-22(31(39)35-26-13-11-25(34)12-14-26)42-29-19-15-27(16-20-29)36-33(41)30(37-32(40)24-7-5-4-6-8-24)21-23-9-17-28(18-10-23)38(2)3/h4-22H,1-3H3,(H,35,39)(H,36,41)(H,37,40)/b30-21-. The van der Waals surface area contributed by atoms with Crippen LogP contribution in [0.15, 0.2) is 114 Å². The normalized spacial score (nSPS) is 11.8.